The molecule has 3 nitrogen and oxygen atoms in total. The molecule has 1 saturated heterocycles. The first-order chi connectivity index (χ1) is 5.88. The van der Waals surface area contributed by atoms with Crippen LogP contribution in [0.15, 0.2) is 18.3 Å². The zero-order valence-corrected chi connectivity index (χ0v) is 6.84. The summed E-state index contributed by atoms with van der Waals surface area (Å²) in [7, 11) is 0. The number of ketones is 1. The normalized spacial score (nSPS) is 22.8. The second-order valence-electron chi connectivity index (χ2n) is 3.10. The molecule has 0 amide bonds. The third kappa shape index (κ3) is 1.28. The third-order valence-corrected chi connectivity index (χ3v) is 2.24. The van der Waals surface area contributed by atoms with Gasteiger partial charge in [-0.15, -0.1) is 0 Å². The number of nitrogens with one attached hydrogen (secondary N) is 2. The van der Waals surface area contributed by atoms with Crippen molar-refractivity contribution in [2.24, 2.45) is 0 Å². The van der Waals surface area contributed by atoms with Gasteiger partial charge < -0.3 is 10.3 Å². The van der Waals surface area contributed by atoms with E-state index in [0.717, 1.165) is 25.1 Å². The zero-order chi connectivity index (χ0) is 8.39. The van der Waals surface area contributed by atoms with E-state index in [-0.39, 0.29) is 11.8 Å². The number of carbonyl (C=O) groups is 1. The smallest absolute Gasteiger partial charge is 0.195 e. The molecule has 1 aromatic heterocycles. The molecular formula is C9H12N2O. The summed E-state index contributed by atoms with van der Waals surface area (Å²) in [5.41, 5.74) is 0.717. The Morgan fingerprint density at radius 1 is 1.58 bits per heavy atom. The molecule has 2 rings (SSSR count). The van der Waals surface area contributed by atoms with Crippen molar-refractivity contribution in [3.8, 4) is 0 Å². The van der Waals surface area contributed by atoms with Gasteiger partial charge in [0.05, 0.1) is 11.7 Å². The van der Waals surface area contributed by atoms with E-state index in [2.05, 4.69) is 10.3 Å². The Labute approximate surface area is 71.2 Å². The van der Waals surface area contributed by atoms with E-state index in [1.54, 1.807) is 6.20 Å². The van der Waals surface area contributed by atoms with Crippen molar-refractivity contribution < 1.29 is 4.79 Å². The van der Waals surface area contributed by atoms with Crippen molar-refractivity contribution in [1.29, 1.82) is 0 Å². The molecular weight excluding hydrogens is 152 g/mol. The lowest BCUT2D eigenvalue weighted by molar-refractivity contribution is 0.0948. The molecule has 0 saturated carbocycles. The van der Waals surface area contributed by atoms with E-state index < -0.39 is 0 Å². The number of hydrogen-bond acceptors (Lipinski definition) is 2. The van der Waals surface area contributed by atoms with Crippen molar-refractivity contribution >= 4 is 5.78 Å². The minimum absolute atomic E-state index is 0.0450. The molecule has 2 N–H and O–H groups in total. The average molecular weight is 164 g/mol. The standard InChI is InChI=1S/C9H12N2O/c12-9(7-3-1-5-10-7)8-4-2-6-11-8/h1,3,5,8,10-11H,2,4,6H2. The second-order valence-corrected chi connectivity index (χ2v) is 3.10. The molecule has 0 aromatic carbocycles. The highest BCUT2D eigenvalue weighted by molar-refractivity contribution is 5.98. The first kappa shape index (κ1) is 7.55. The van der Waals surface area contributed by atoms with Gasteiger partial charge in [0.25, 0.3) is 0 Å². The molecule has 0 aliphatic carbocycles. The van der Waals surface area contributed by atoms with Crippen LogP contribution in [-0.4, -0.2) is 23.4 Å². The number of hydrogen-bond donors (Lipinski definition) is 2. The van der Waals surface area contributed by atoms with E-state index in [1.807, 2.05) is 12.1 Å². The van der Waals surface area contributed by atoms with Crippen LogP contribution in [0.2, 0.25) is 0 Å². The van der Waals surface area contributed by atoms with Crippen LogP contribution in [0.4, 0.5) is 0 Å². The van der Waals surface area contributed by atoms with Crippen LogP contribution < -0.4 is 5.32 Å². The molecule has 3 heteroatoms. The summed E-state index contributed by atoms with van der Waals surface area (Å²) in [5, 5.41) is 3.18. The molecule has 1 aliphatic heterocycles. The average Bonchev–Trinajstić information content (AvgIpc) is 2.77. The summed E-state index contributed by atoms with van der Waals surface area (Å²) in [6.07, 6.45) is 3.86. The van der Waals surface area contributed by atoms with Gasteiger partial charge in [-0.3, -0.25) is 4.79 Å². The molecule has 0 bridgehead atoms. The monoisotopic (exact) mass is 164 g/mol. The lowest BCUT2D eigenvalue weighted by Crippen LogP contribution is -2.30. The predicted molar refractivity (Wildman–Crippen MR) is 46.1 cm³/mol. The Morgan fingerprint density at radius 2 is 2.50 bits per heavy atom. The quantitative estimate of drug-likeness (QED) is 0.639. The largest absolute Gasteiger partial charge is 0.359 e. The van der Waals surface area contributed by atoms with Gasteiger partial charge in [-0.05, 0) is 31.5 Å². The molecule has 64 valence electrons. The molecule has 0 radical (unpaired) electrons. The molecule has 1 fully saturated rings. The van der Waals surface area contributed by atoms with Crippen LogP contribution in [0.3, 0.4) is 0 Å². The number of rotatable bonds is 2. The molecule has 0 spiro atoms. The van der Waals surface area contributed by atoms with Gasteiger partial charge >= 0.3 is 0 Å². The number of Topliss-reactive ketones (excluding diaryl/α,β-unsaturated/α-hetero) is 1. The van der Waals surface area contributed by atoms with E-state index >= 15 is 0 Å². The molecule has 1 aliphatic rings. The Balaban J connectivity index is 2.09. The van der Waals surface area contributed by atoms with Crippen molar-refractivity contribution in [1.82, 2.24) is 10.3 Å². The molecule has 1 unspecified atom stereocenters. The Morgan fingerprint density at radius 3 is 3.08 bits per heavy atom. The number of carbonyl (C=O) groups excluding carboxylic acids is 1. The Bertz CT molecular complexity index is 260. The van der Waals surface area contributed by atoms with Gasteiger partial charge in [0, 0.05) is 6.20 Å². The first-order valence-electron chi connectivity index (χ1n) is 4.29. The van der Waals surface area contributed by atoms with Crippen LogP contribution in [0, 0.1) is 0 Å². The van der Waals surface area contributed by atoms with Gasteiger partial charge in [0.1, 0.15) is 0 Å². The second kappa shape index (κ2) is 3.11. The topological polar surface area (TPSA) is 44.9 Å². The van der Waals surface area contributed by atoms with E-state index in [9.17, 15) is 4.79 Å². The summed E-state index contributed by atoms with van der Waals surface area (Å²) < 4.78 is 0. The van der Waals surface area contributed by atoms with Gasteiger partial charge in [-0.25, -0.2) is 0 Å². The predicted octanol–water partition coefficient (Wildman–Crippen LogP) is 0.949. The fourth-order valence-corrected chi connectivity index (χ4v) is 1.58. The molecule has 2 heterocycles. The summed E-state index contributed by atoms with van der Waals surface area (Å²) in [4.78, 5) is 14.5. The maximum absolute atomic E-state index is 11.6. The number of H-pyrrole nitrogens is 1. The first-order valence-corrected chi connectivity index (χ1v) is 4.29. The fraction of sp³-hybridized carbons (Fsp3) is 0.444. The van der Waals surface area contributed by atoms with E-state index in [1.165, 1.54) is 0 Å². The van der Waals surface area contributed by atoms with Crippen LogP contribution in [-0.2, 0) is 0 Å². The minimum atomic E-state index is 0.0450. The molecule has 1 aromatic rings. The highest BCUT2D eigenvalue weighted by Crippen LogP contribution is 2.10. The maximum atomic E-state index is 11.6. The minimum Gasteiger partial charge on any atom is -0.359 e. The van der Waals surface area contributed by atoms with Gasteiger partial charge in [0.15, 0.2) is 5.78 Å². The van der Waals surface area contributed by atoms with Crippen LogP contribution in [0.25, 0.3) is 0 Å². The van der Waals surface area contributed by atoms with Crippen molar-refractivity contribution in [2.45, 2.75) is 18.9 Å². The Kier molecular flexibility index (Phi) is 1.96. The number of aromatic amines is 1. The third-order valence-electron chi connectivity index (χ3n) is 2.24. The lowest BCUT2D eigenvalue weighted by atomic mass is 10.1. The summed E-state index contributed by atoms with van der Waals surface area (Å²) in [5.74, 6) is 0.192. The van der Waals surface area contributed by atoms with Crippen molar-refractivity contribution in [3.05, 3.63) is 24.0 Å². The van der Waals surface area contributed by atoms with Gasteiger partial charge in [0.2, 0.25) is 0 Å². The van der Waals surface area contributed by atoms with Gasteiger partial charge in [-0.1, -0.05) is 0 Å². The summed E-state index contributed by atoms with van der Waals surface area (Å²) >= 11 is 0. The summed E-state index contributed by atoms with van der Waals surface area (Å²) in [6, 6.07) is 3.72. The van der Waals surface area contributed by atoms with Crippen LogP contribution in [0.1, 0.15) is 23.3 Å². The highest BCUT2D eigenvalue weighted by atomic mass is 16.1. The van der Waals surface area contributed by atoms with Crippen LogP contribution >= 0.6 is 0 Å². The van der Waals surface area contributed by atoms with E-state index in [0.29, 0.717) is 0 Å². The summed E-state index contributed by atoms with van der Waals surface area (Å²) in [6.45, 7) is 0.969. The Hall–Kier alpha value is -1.09. The van der Waals surface area contributed by atoms with Crippen LogP contribution in [0.5, 0.6) is 0 Å². The van der Waals surface area contributed by atoms with Crippen molar-refractivity contribution in [3.63, 3.8) is 0 Å². The SMILES string of the molecule is O=C(c1ccc[nH]1)C1CCCN1. The zero-order valence-electron chi connectivity index (χ0n) is 6.84. The molecule has 1 atom stereocenters. The van der Waals surface area contributed by atoms with Gasteiger partial charge in [-0.2, -0.15) is 0 Å². The van der Waals surface area contributed by atoms with Crippen molar-refractivity contribution in [2.75, 3.05) is 6.54 Å². The van der Waals surface area contributed by atoms with E-state index in [4.69, 9.17) is 0 Å². The fourth-order valence-electron chi connectivity index (χ4n) is 1.58. The molecule has 12 heavy (non-hydrogen) atoms. The lowest BCUT2D eigenvalue weighted by Gasteiger charge is -2.06. The maximum Gasteiger partial charge on any atom is 0.195 e. The number of aromatic nitrogens is 1. The highest BCUT2D eigenvalue weighted by Gasteiger charge is 2.23.